The summed E-state index contributed by atoms with van der Waals surface area (Å²) in [6.07, 6.45) is 1.62. The van der Waals surface area contributed by atoms with E-state index < -0.39 is 0 Å². The number of hydrogen-bond acceptors (Lipinski definition) is 5. The highest BCUT2D eigenvalue weighted by Crippen LogP contribution is 2.13. The molecule has 1 fully saturated rings. The molecule has 2 atom stereocenters. The Bertz CT molecular complexity index is 449. The Morgan fingerprint density at radius 1 is 1.55 bits per heavy atom. The second kappa shape index (κ2) is 8.31. The Labute approximate surface area is 132 Å². The van der Waals surface area contributed by atoms with Crippen LogP contribution in [0.4, 0.5) is 0 Å². The minimum absolute atomic E-state index is 0.0430. The summed E-state index contributed by atoms with van der Waals surface area (Å²) in [6.45, 7) is 9.08. The fourth-order valence-corrected chi connectivity index (χ4v) is 2.85. The van der Waals surface area contributed by atoms with Crippen LogP contribution in [0.3, 0.4) is 0 Å². The fraction of sp³-hybridized carbons (Fsp3) is 0.688. The van der Waals surface area contributed by atoms with Crippen LogP contribution in [-0.4, -0.2) is 68.2 Å². The summed E-state index contributed by atoms with van der Waals surface area (Å²) in [7, 11) is 1.73. The van der Waals surface area contributed by atoms with E-state index in [9.17, 15) is 4.79 Å². The molecule has 1 aliphatic rings. The molecule has 2 rings (SSSR count). The Morgan fingerprint density at radius 3 is 3.00 bits per heavy atom. The first-order valence-corrected chi connectivity index (χ1v) is 7.88. The second-order valence-corrected chi connectivity index (χ2v) is 5.92. The van der Waals surface area contributed by atoms with Crippen molar-refractivity contribution in [1.29, 1.82) is 0 Å². The van der Waals surface area contributed by atoms with Crippen molar-refractivity contribution in [2.75, 3.05) is 46.4 Å². The Kier molecular flexibility index (Phi) is 6.42. The first kappa shape index (κ1) is 17.0. The van der Waals surface area contributed by atoms with Crippen LogP contribution in [0.25, 0.3) is 0 Å². The largest absolute Gasteiger partial charge is 0.467 e. The molecule has 6 heteroatoms. The van der Waals surface area contributed by atoms with Crippen molar-refractivity contribution in [3.63, 3.8) is 0 Å². The lowest BCUT2D eigenvalue weighted by Crippen LogP contribution is -2.54. The van der Waals surface area contributed by atoms with Gasteiger partial charge in [0.1, 0.15) is 5.76 Å². The normalized spacial score (nSPS) is 21.7. The third-order valence-corrected chi connectivity index (χ3v) is 4.15. The molecule has 6 nitrogen and oxygen atoms in total. The Hall–Kier alpha value is -1.37. The molecule has 1 saturated heterocycles. The smallest absolute Gasteiger partial charge is 0.234 e. The molecular formula is C16H27N3O3. The standard InChI is InChI=1S/C16H27N3O3/c1-13-11-18(6-7-19(13)8-10-21-3)12-16(20)17-14(2)15-5-4-9-22-15/h4-5,9,13-14H,6-8,10-12H2,1-3H3,(H,17,20)/t13-,14+/m1/s1. The van der Waals surface area contributed by atoms with E-state index in [4.69, 9.17) is 9.15 Å². The molecule has 1 aromatic heterocycles. The zero-order chi connectivity index (χ0) is 15.9. The molecule has 0 aromatic carbocycles. The van der Waals surface area contributed by atoms with Crippen molar-refractivity contribution in [1.82, 2.24) is 15.1 Å². The summed E-state index contributed by atoms with van der Waals surface area (Å²) in [4.78, 5) is 16.8. The summed E-state index contributed by atoms with van der Waals surface area (Å²) < 4.78 is 10.4. The second-order valence-electron chi connectivity index (χ2n) is 5.92. The van der Waals surface area contributed by atoms with Gasteiger partial charge in [-0.25, -0.2) is 0 Å². The minimum Gasteiger partial charge on any atom is -0.467 e. The van der Waals surface area contributed by atoms with Gasteiger partial charge in [0.25, 0.3) is 0 Å². The third kappa shape index (κ3) is 4.83. The predicted octanol–water partition coefficient (Wildman–Crippen LogP) is 1.11. The molecule has 124 valence electrons. The highest BCUT2D eigenvalue weighted by Gasteiger charge is 2.25. The predicted molar refractivity (Wildman–Crippen MR) is 84.6 cm³/mol. The summed E-state index contributed by atoms with van der Waals surface area (Å²) in [5.41, 5.74) is 0. The van der Waals surface area contributed by atoms with Gasteiger partial charge in [0.05, 0.1) is 25.5 Å². The Balaban J connectivity index is 1.74. The fourth-order valence-electron chi connectivity index (χ4n) is 2.85. The monoisotopic (exact) mass is 309 g/mol. The number of nitrogens with one attached hydrogen (secondary N) is 1. The Morgan fingerprint density at radius 2 is 2.36 bits per heavy atom. The van der Waals surface area contributed by atoms with Gasteiger partial charge in [0, 0.05) is 39.3 Å². The maximum atomic E-state index is 12.1. The van der Waals surface area contributed by atoms with E-state index in [1.165, 1.54) is 0 Å². The average Bonchev–Trinajstić information content (AvgIpc) is 3.00. The van der Waals surface area contributed by atoms with Crippen molar-refractivity contribution < 1.29 is 13.9 Å². The van der Waals surface area contributed by atoms with Gasteiger partial charge in [0.15, 0.2) is 0 Å². The first-order chi connectivity index (χ1) is 10.6. The van der Waals surface area contributed by atoms with E-state index >= 15 is 0 Å². The number of hydrogen-bond donors (Lipinski definition) is 1. The van der Waals surface area contributed by atoms with Crippen LogP contribution in [-0.2, 0) is 9.53 Å². The topological polar surface area (TPSA) is 58.0 Å². The molecule has 1 N–H and O–H groups in total. The van der Waals surface area contributed by atoms with Crippen LogP contribution in [0, 0.1) is 0 Å². The van der Waals surface area contributed by atoms with Gasteiger partial charge in [-0.3, -0.25) is 14.6 Å². The lowest BCUT2D eigenvalue weighted by atomic mass is 10.2. The highest BCUT2D eigenvalue weighted by molar-refractivity contribution is 5.78. The van der Waals surface area contributed by atoms with E-state index in [0.717, 1.165) is 38.5 Å². The molecule has 1 amide bonds. The molecule has 22 heavy (non-hydrogen) atoms. The average molecular weight is 309 g/mol. The lowest BCUT2D eigenvalue weighted by molar-refractivity contribution is -0.123. The van der Waals surface area contributed by atoms with Crippen LogP contribution in [0.15, 0.2) is 22.8 Å². The zero-order valence-corrected chi connectivity index (χ0v) is 13.7. The van der Waals surface area contributed by atoms with Gasteiger partial charge in [-0.05, 0) is 26.0 Å². The van der Waals surface area contributed by atoms with Crippen LogP contribution in [0.1, 0.15) is 25.6 Å². The van der Waals surface area contributed by atoms with Gasteiger partial charge in [0.2, 0.25) is 5.91 Å². The number of methoxy groups -OCH3 is 1. The number of amides is 1. The van der Waals surface area contributed by atoms with Gasteiger partial charge in [-0.15, -0.1) is 0 Å². The van der Waals surface area contributed by atoms with Crippen LogP contribution in [0.2, 0.25) is 0 Å². The van der Waals surface area contributed by atoms with Crippen molar-refractivity contribution in [2.24, 2.45) is 0 Å². The SMILES string of the molecule is COCCN1CCN(CC(=O)N[C@@H](C)c2ccco2)C[C@H]1C. The zero-order valence-electron chi connectivity index (χ0n) is 13.7. The highest BCUT2D eigenvalue weighted by atomic mass is 16.5. The number of piperazine rings is 1. The van der Waals surface area contributed by atoms with E-state index in [0.29, 0.717) is 12.6 Å². The summed E-state index contributed by atoms with van der Waals surface area (Å²) in [5, 5.41) is 2.98. The maximum Gasteiger partial charge on any atom is 0.234 e. The number of rotatable bonds is 7. The molecule has 0 aliphatic carbocycles. The molecule has 1 aromatic rings. The van der Waals surface area contributed by atoms with Crippen molar-refractivity contribution in [2.45, 2.75) is 25.9 Å². The van der Waals surface area contributed by atoms with E-state index in [1.807, 2.05) is 19.1 Å². The van der Waals surface area contributed by atoms with Gasteiger partial charge < -0.3 is 14.5 Å². The summed E-state index contributed by atoms with van der Waals surface area (Å²) in [5.74, 6) is 0.826. The number of furan rings is 1. The van der Waals surface area contributed by atoms with Crippen molar-refractivity contribution in [3.8, 4) is 0 Å². The molecule has 2 heterocycles. The molecule has 0 unspecified atom stereocenters. The van der Waals surface area contributed by atoms with Crippen molar-refractivity contribution in [3.05, 3.63) is 24.2 Å². The van der Waals surface area contributed by atoms with E-state index in [1.54, 1.807) is 13.4 Å². The summed E-state index contributed by atoms with van der Waals surface area (Å²) in [6, 6.07) is 4.06. The molecule has 0 bridgehead atoms. The minimum atomic E-state index is -0.0945. The van der Waals surface area contributed by atoms with Gasteiger partial charge >= 0.3 is 0 Å². The molecular weight excluding hydrogens is 282 g/mol. The number of ether oxygens (including phenoxy) is 1. The third-order valence-electron chi connectivity index (χ3n) is 4.15. The summed E-state index contributed by atoms with van der Waals surface area (Å²) >= 11 is 0. The number of carbonyl (C=O) groups is 1. The van der Waals surface area contributed by atoms with E-state index in [-0.39, 0.29) is 11.9 Å². The molecule has 0 spiro atoms. The molecule has 0 radical (unpaired) electrons. The number of carbonyl (C=O) groups excluding carboxylic acids is 1. The van der Waals surface area contributed by atoms with Crippen LogP contribution in [0.5, 0.6) is 0 Å². The molecule has 0 saturated carbocycles. The van der Waals surface area contributed by atoms with Crippen LogP contribution >= 0.6 is 0 Å². The first-order valence-electron chi connectivity index (χ1n) is 7.88. The maximum absolute atomic E-state index is 12.1. The van der Waals surface area contributed by atoms with Gasteiger partial charge in [-0.2, -0.15) is 0 Å². The van der Waals surface area contributed by atoms with Crippen LogP contribution < -0.4 is 5.32 Å². The molecule has 1 aliphatic heterocycles. The lowest BCUT2D eigenvalue weighted by Gasteiger charge is -2.39. The van der Waals surface area contributed by atoms with Gasteiger partial charge in [-0.1, -0.05) is 0 Å². The van der Waals surface area contributed by atoms with Crippen molar-refractivity contribution >= 4 is 5.91 Å². The number of nitrogens with zero attached hydrogens (tertiary/aromatic N) is 2. The quantitative estimate of drug-likeness (QED) is 0.818. The van der Waals surface area contributed by atoms with E-state index in [2.05, 4.69) is 22.0 Å².